The van der Waals surface area contributed by atoms with E-state index in [1.807, 2.05) is 18.2 Å². The first kappa shape index (κ1) is 19.5. The maximum Gasteiger partial charge on any atom is 0.252 e. The maximum atomic E-state index is 12.3. The fourth-order valence-electron chi connectivity index (χ4n) is 3.38. The van der Waals surface area contributed by atoms with Gasteiger partial charge < -0.3 is 15.0 Å². The van der Waals surface area contributed by atoms with E-state index in [0.717, 1.165) is 42.7 Å². The van der Waals surface area contributed by atoms with Crippen LogP contribution >= 0.6 is 36.4 Å². The molecule has 1 aromatic heterocycles. The van der Waals surface area contributed by atoms with Crippen molar-refractivity contribution < 1.29 is 4.74 Å². The molecule has 24 heavy (non-hydrogen) atoms. The predicted molar refractivity (Wildman–Crippen MR) is 101 cm³/mol. The van der Waals surface area contributed by atoms with Gasteiger partial charge in [-0.15, -0.1) is 24.8 Å². The van der Waals surface area contributed by atoms with E-state index in [4.69, 9.17) is 16.3 Å². The number of hydrogen-bond donors (Lipinski definition) is 2. The maximum absolute atomic E-state index is 12.3. The largest absolute Gasteiger partial charge is 0.374 e. The molecule has 0 spiro atoms. The van der Waals surface area contributed by atoms with Gasteiger partial charge in [0.05, 0.1) is 12.7 Å². The van der Waals surface area contributed by atoms with Crippen molar-refractivity contribution in [1.82, 2.24) is 15.2 Å². The zero-order chi connectivity index (χ0) is 15.1. The van der Waals surface area contributed by atoms with Crippen LogP contribution in [-0.2, 0) is 11.3 Å². The third-order valence-corrected chi connectivity index (χ3v) is 4.70. The summed E-state index contributed by atoms with van der Waals surface area (Å²) in [6.45, 7) is 4.11. The Morgan fingerprint density at radius 3 is 2.88 bits per heavy atom. The molecular formula is C16H20Cl3N3O2. The number of hydrogen-bond acceptors (Lipinski definition) is 4. The van der Waals surface area contributed by atoms with Crippen LogP contribution in [0.5, 0.6) is 0 Å². The van der Waals surface area contributed by atoms with E-state index >= 15 is 0 Å². The number of aromatic amines is 1. The summed E-state index contributed by atoms with van der Waals surface area (Å²) in [6, 6.07) is 7.90. The lowest BCUT2D eigenvalue weighted by atomic mass is 10.1. The van der Waals surface area contributed by atoms with Gasteiger partial charge in [0.15, 0.2) is 0 Å². The van der Waals surface area contributed by atoms with Crippen LogP contribution in [0, 0.1) is 0 Å². The van der Waals surface area contributed by atoms with Crippen LogP contribution in [-0.4, -0.2) is 48.3 Å². The topological polar surface area (TPSA) is 57.4 Å². The van der Waals surface area contributed by atoms with Crippen LogP contribution in [0.2, 0.25) is 5.02 Å². The Morgan fingerprint density at radius 2 is 2.08 bits per heavy atom. The van der Waals surface area contributed by atoms with Crippen LogP contribution in [0.3, 0.4) is 0 Å². The minimum Gasteiger partial charge on any atom is -0.374 e. The first-order chi connectivity index (χ1) is 10.7. The van der Waals surface area contributed by atoms with Gasteiger partial charge in [0.1, 0.15) is 0 Å². The number of ether oxygens (including phenoxy) is 1. The number of halogens is 3. The molecule has 2 saturated heterocycles. The van der Waals surface area contributed by atoms with E-state index in [1.54, 1.807) is 6.07 Å². The van der Waals surface area contributed by atoms with Crippen LogP contribution in [0.15, 0.2) is 29.1 Å². The fraction of sp³-hybridized carbons (Fsp3) is 0.438. The van der Waals surface area contributed by atoms with Gasteiger partial charge in [0, 0.05) is 48.3 Å². The van der Waals surface area contributed by atoms with Crippen LogP contribution in [0.1, 0.15) is 5.56 Å². The summed E-state index contributed by atoms with van der Waals surface area (Å²) in [5.74, 6) is 0. The molecule has 2 fully saturated rings. The van der Waals surface area contributed by atoms with Crippen molar-refractivity contribution in [2.75, 3.05) is 26.2 Å². The average Bonchev–Trinajstić information content (AvgIpc) is 2.90. The molecule has 1 aromatic carbocycles. The lowest BCUT2D eigenvalue weighted by molar-refractivity contribution is 0.0175. The Bertz CT molecular complexity index is 754. The first-order valence-electron chi connectivity index (χ1n) is 7.58. The molecule has 2 N–H and O–H groups in total. The minimum absolute atomic E-state index is 0. The molecule has 2 atom stereocenters. The summed E-state index contributed by atoms with van der Waals surface area (Å²) in [6.07, 6.45) is 0.243. The number of fused-ring (bicyclic) bond motifs is 2. The van der Waals surface area contributed by atoms with Gasteiger partial charge in [0.25, 0.3) is 5.56 Å². The normalized spacial score (nSPS) is 23.4. The number of pyridine rings is 1. The molecule has 0 unspecified atom stereocenters. The lowest BCUT2D eigenvalue weighted by Crippen LogP contribution is -2.47. The number of nitrogens with zero attached hydrogens (tertiary/aromatic N) is 1. The molecule has 5 nitrogen and oxygen atoms in total. The molecule has 2 aliphatic heterocycles. The fourth-order valence-corrected chi connectivity index (χ4v) is 3.55. The molecule has 4 rings (SSSR count). The molecule has 0 bridgehead atoms. The Hall–Kier alpha value is -0.820. The van der Waals surface area contributed by atoms with Gasteiger partial charge in [-0.2, -0.15) is 0 Å². The van der Waals surface area contributed by atoms with Crippen molar-refractivity contribution >= 4 is 47.3 Å². The Balaban J connectivity index is 0.00000104. The number of aromatic nitrogens is 1. The zero-order valence-corrected chi connectivity index (χ0v) is 15.3. The van der Waals surface area contributed by atoms with Gasteiger partial charge in [-0.1, -0.05) is 17.7 Å². The highest BCUT2D eigenvalue weighted by Gasteiger charge is 2.35. The van der Waals surface area contributed by atoms with Gasteiger partial charge in [-0.3, -0.25) is 9.69 Å². The van der Waals surface area contributed by atoms with Crippen LogP contribution in [0.4, 0.5) is 0 Å². The number of nitrogens with one attached hydrogen (secondary N) is 2. The molecule has 132 valence electrons. The number of H-pyrrole nitrogens is 1. The Labute approximate surface area is 157 Å². The average molecular weight is 393 g/mol. The molecule has 0 aliphatic carbocycles. The molecule has 0 saturated carbocycles. The molecule has 0 amide bonds. The summed E-state index contributed by atoms with van der Waals surface area (Å²) >= 11 is 5.97. The molecule has 3 heterocycles. The van der Waals surface area contributed by atoms with Crippen molar-refractivity contribution in [3.05, 3.63) is 45.2 Å². The first-order valence-corrected chi connectivity index (χ1v) is 7.96. The van der Waals surface area contributed by atoms with E-state index in [-0.39, 0.29) is 36.5 Å². The third kappa shape index (κ3) is 3.87. The Morgan fingerprint density at radius 1 is 1.25 bits per heavy atom. The molecule has 0 radical (unpaired) electrons. The van der Waals surface area contributed by atoms with Crippen LogP contribution in [0.25, 0.3) is 10.9 Å². The van der Waals surface area contributed by atoms with Gasteiger partial charge in [-0.25, -0.2) is 0 Å². The van der Waals surface area contributed by atoms with E-state index in [0.29, 0.717) is 17.6 Å². The standard InChI is InChI=1S/C16H18ClN3O2.2ClH/c17-12-2-1-10-5-11(16(21)19-13(10)6-12)7-20-8-14-15(9-20)22-4-3-18-14;;/h1-2,5-6,14-15,18H,3-4,7-9H2,(H,19,21);2*1H/t14-,15-;;/m0../s1. The molecular weight excluding hydrogens is 373 g/mol. The van der Waals surface area contributed by atoms with Crippen molar-refractivity contribution in [1.29, 1.82) is 0 Å². The second-order valence-corrected chi connectivity index (χ2v) is 6.46. The second-order valence-electron chi connectivity index (χ2n) is 6.02. The van der Waals surface area contributed by atoms with E-state index < -0.39 is 0 Å². The monoisotopic (exact) mass is 391 g/mol. The van der Waals surface area contributed by atoms with Crippen molar-refractivity contribution in [3.63, 3.8) is 0 Å². The summed E-state index contributed by atoms with van der Waals surface area (Å²) in [5.41, 5.74) is 1.52. The summed E-state index contributed by atoms with van der Waals surface area (Å²) in [5, 5.41) is 5.11. The number of rotatable bonds is 2. The highest BCUT2D eigenvalue weighted by atomic mass is 35.5. The van der Waals surface area contributed by atoms with Crippen molar-refractivity contribution in [3.8, 4) is 0 Å². The highest BCUT2D eigenvalue weighted by Crippen LogP contribution is 2.20. The minimum atomic E-state index is -0.0430. The van der Waals surface area contributed by atoms with Gasteiger partial charge in [-0.05, 0) is 23.6 Å². The van der Waals surface area contributed by atoms with Crippen LogP contribution < -0.4 is 10.9 Å². The quantitative estimate of drug-likeness (QED) is 0.823. The molecule has 2 aliphatic rings. The SMILES string of the molecule is Cl.Cl.O=c1[nH]c2cc(Cl)ccc2cc1CN1C[C@@H]2NCCO[C@H]2C1. The van der Waals surface area contributed by atoms with Gasteiger partial charge in [0.2, 0.25) is 0 Å². The number of likely N-dealkylation sites (tertiary alicyclic amines) is 1. The van der Waals surface area contributed by atoms with Crippen molar-refractivity contribution in [2.24, 2.45) is 0 Å². The lowest BCUT2D eigenvalue weighted by Gasteiger charge is -2.25. The van der Waals surface area contributed by atoms with Crippen molar-refractivity contribution in [2.45, 2.75) is 18.7 Å². The van der Waals surface area contributed by atoms with E-state index in [9.17, 15) is 4.79 Å². The summed E-state index contributed by atoms with van der Waals surface area (Å²) in [7, 11) is 0. The second kappa shape index (κ2) is 8.04. The third-order valence-electron chi connectivity index (χ3n) is 4.46. The predicted octanol–water partition coefficient (Wildman–Crippen LogP) is 2.20. The van der Waals surface area contributed by atoms with E-state index in [1.165, 1.54) is 0 Å². The molecule has 8 heteroatoms. The number of morpholine rings is 1. The smallest absolute Gasteiger partial charge is 0.252 e. The highest BCUT2D eigenvalue weighted by molar-refractivity contribution is 6.31. The summed E-state index contributed by atoms with van der Waals surface area (Å²) in [4.78, 5) is 17.5. The van der Waals surface area contributed by atoms with Gasteiger partial charge >= 0.3 is 0 Å². The zero-order valence-electron chi connectivity index (χ0n) is 13.0. The van der Waals surface area contributed by atoms with E-state index in [2.05, 4.69) is 15.2 Å². The number of benzene rings is 1. The molecule has 2 aromatic rings. The summed E-state index contributed by atoms with van der Waals surface area (Å²) < 4.78 is 5.78. The Kier molecular flexibility index (Phi) is 6.53.